The van der Waals surface area contributed by atoms with Gasteiger partial charge < -0.3 is 9.05 Å². The Morgan fingerprint density at radius 1 is 1.14 bits per heavy atom. The van der Waals surface area contributed by atoms with Crippen LogP contribution in [0, 0.1) is 0 Å². The van der Waals surface area contributed by atoms with E-state index >= 15 is 0 Å². The molecule has 1 fully saturated rings. The lowest BCUT2D eigenvalue weighted by Crippen LogP contribution is -2.24. The normalized spacial score (nSPS) is 19.9. The summed E-state index contributed by atoms with van der Waals surface area (Å²) in [5.74, 6) is 2.85. The number of aryl methyl sites for hydroxylation is 1. The van der Waals surface area contributed by atoms with Gasteiger partial charge in [-0.05, 0) is 19.4 Å². The van der Waals surface area contributed by atoms with Gasteiger partial charge in [0.2, 0.25) is 11.8 Å². The molecule has 1 aliphatic heterocycles. The number of nitrogens with zero attached hydrogens (tertiary/aromatic N) is 5. The summed E-state index contributed by atoms with van der Waals surface area (Å²) in [5, 5.41) is 8.19. The van der Waals surface area contributed by atoms with E-state index in [-0.39, 0.29) is 11.5 Å². The van der Waals surface area contributed by atoms with Crippen LogP contribution >= 0.6 is 0 Å². The largest absolute Gasteiger partial charge is 0.339 e. The van der Waals surface area contributed by atoms with Crippen molar-refractivity contribution in [1.82, 2.24) is 25.2 Å². The van der Waals surface area contributed by atoms with Crippen LogP contribution in [0.15, 0.2) is 9.05 Å². The molecule has 2 aromatic rings. The van der Waals surface area contributed by atoms with E-state index in [4.69, 9.17) is 9.05 Å². The summed E-state index contributed by atoms with van der Waals surface area (Å²) >= 11 is 0. The molecule has 0 N–H and O–H groups in total. The van der Waals surface area contributed by atoms with Crippen LogP contribution in [0.1, 0.15) is 70.0 Å². The Balaban J connectivity index is 1.72. The number of rotatable bonds is 4. The molecular formula is C15H23N5O2. The Hall–Kier alpha value is -1.76. The van der Waals surface area contributed by atoms with Crippen molar-refractivity contribution in [2.24, 2.45) is 0 Å². The third-order valence-corrected chi connectivity index (χ3v) is 3.93. The number of likely N-dealkylation sites (tertiary alicyclic amines) is 1. The fourth-order valence-corrected chi connectivity index (χ4v) is 2.65. The van der Waals surface area contributed by atoms with Crippen LogP contribution in [0.5, 0.6) is 0 Å². The maximum atomic E-state index is 5.40. The van der Waals surface area contributed by atoms with Crippen molar-refractivity contribution in [3.8, 4) is 0 Å². The van der Waals surface area contributed by atoms with E-state index in [1.807, 2.05) is 6.92 Å². The van der Waals surface area contributed by atoms with Gasteiger partial charge >= 0.3 is 0 Å². The van der Waals surface area contributed by atoms with Crippen LogP contribution in [-0.4, -0.2) is 31.7 Å². The van der Waals surface area contributed by atoms with Crippen molar-refractivity contribution in [1.29, 1.82) is 0 Å². The fraction of sp³-hybridized carbons (Fsp3) is 0.733. The SMILES string of the molecule is CCc1nc([C@@H]2CCCN2Cc2nc(C(C)(C)C)no2)no1. The zero-order valence-corrected chi connectivity index (χ0v) is 13.7. The van der Waals surface area contributed by atoms with Crippen LogP contribution < -0.4 is 0 Å². The highest BCUT2D eigenvalue weighted by Gasteiger charge is 2.31. The van der Waals surface area contributed by atoms with Crippen molar-refractivity contribution in [3.05, 3.63) is 23.4 Å². The first-order valence-corrected chi connectivity index (χ1v) is 7.87. The molecule has 0 aromatic carbocycles. The first-order valence-electron chi connectivity index (χ1n) is 7.87. The summed E-state index contributed by atoms with van der Waals surface area (Å²) in [6, 6.07) is 0.175. The molecular weight excluding hydrogens is 282 g/mol. The quantitative estimate of drug-likeness (QED) is 0.858. The lowest BCUT2D eigenvalue weighted by molar-refractivity contribution is 0.202. The first kappa shape index (κ1) is 15.1. The first-order chi connectivity index (χ1) is 10.5. The molecule has 0 unspecified atom stereocenters. The summed E-state index contributed by atoms with van der Waals surface area (Å²) in [6.45, 7) is 9.84. The molecule has 1 saturated heterocycles. The highest BCUT2D eigenvalue weighted by atomic mass is 16.5. The maximum Gasteiger partial charge on any atom is 0.240 e. The predicted octanol–water partition coefficient (Wildman–Crippen LogP) is 2.65. The van der Waals surface area contributed by atoms with Crippen molar-refractivity contribution in [2.45, 2.75) is 65.0 Å². The van der Waals surface area contributed by atoms with E-state index in [9.17, 15) is 0 Å². The van der Waals surface area contributed by atoms with Gasteiger partial charge in [0, 0.05) is 11.8 Å². The molecule has 22 heavy (non-hydrogen) atoms. The smallest absolute Gasteiger partial charge is 0.240 e. The van der Waals surface area contributed by atoms with Gasteiger partial charge in [-0.25, -0.2) is 0 Å². The Morgan fingerprint density at radius 3 is 2.55 bits per heavy atom. The van der Waals surface area contributed by atoms with Gasteiger partial charge in [-0.3, -0.25) is 4.90 Å². The molecule has 2 aromatic heterocycles. The molecule has 120 valence electrons. The van der Waals surface area contributed by atoms with Gasteiger partial charge in [0.15, 0.2) is 11.6 Å². The van der Waals surface area contributed by atoms with Gasteiger partial charge in [-0.15, -0.1) is 0 Å². The summed E-state index contributed by atoms with van der Waals surface area (Å²) in [5.41, 5.74) is -0.101. The number of aromatic nitrogens is 4. The fourth-order valence-electron chi connectivity index (χ4n) is 2.65. The minimum absolute atomic E-state index is 0.101. The lowest BCUT2D eigenvalue weighted by atomic mass is 9.96. The molecule has 0 amide bonds. The van der Waals surface area contributed by atoms with E-state index in [2.05, 4.69) is 46.0 Å². The van der Waals surface area contributed by atoms with Crippen LogP contribution in [-0.2, 0) is 18.4 Å². The minimum atomic E-state index is -0.101. The van der Waals surface area contributed by atoms with Gasteiger partial charge in [0.05, 0.1) is 12.6 Å². The molecule has 7 heteroatoms. The van der Waals surface area contributed by atoms with E-state index in [1.54, 1.807) is 0 Å². The van der Waals surface area contributed by atoms with Gasteiger partial charge in [0.1, 0.15) is 0 Å². The van der Waals surface area contributed by atoms with E-state index < -0.39 is 0 Å². The molecule has 0 aliphatic carbocycles. The van der Waals surface area contributed by atoms with Crippen molar-refractivity contribution in [2.75, 3.05) is 6.54 Å². The Morgan fingerprint density at radius 2 is 1.91 bits per heavy atom. The molecule has 0 bridgehead atoms. The Kier molecular flexibility index (Phi) is 3.99. The number of hydrogen-bond acceptors (Lipinski definition) is 7. The van der Waals surface area contributed by atoms with Gasteiger partial charge in [-0.2, -0.15) is 9.97 Å². The van der Waals surface area contributed by atoms with Crippen LogP contribution in [0.3, 0.4) is 0 Å². The van der Waals surface area contributed by atoms with Crippen LogP contribution in [0.25, 0.3) is 0 Å². The zero-order chi connectivity index (χ0) is 15.7. The third-order valence-electron chi connectivity index (χ3n) is 3.93. The molecule has 3 rings (SSSR count). The second kappa shape index (κ2) is 5.79. The number of hydrogen-bond donors (Lipinski definition) is 0. The van der Waals surface area contributed by atoms with Crippen molar-refractivity contribution < 1.29 is 9.05 Å². The maximum absolute atomic E-state index is 5.40. The van der Waals surface area contributed by atoms with Crippen molar-refractivity contribution in [3.63, 3.8) is 0 Å². The van der Waals surface area contributed by atoms with Crippen molar-refractivity contribution >= 4 is 0 Å². The standard InChI is InChI=1S/C15H23N5O2/c1-5-11-16-13(18-21-11)10-7-6-8-20(10)9-12-17-14(19-22-12)15(2,3)4/h10H,5-9H2,1-4H3/t10-/m0/s1. The van der Waals surface area contributed by atoms with E-state index in [0.717, 1.165) is 37.5 Å². The monoisotopic (exact) mass is 305 g/mol. The summed E-state index contributed by atoms with van der Waals surface area (Å²) < 4.78 is 10.6. The molecule has 1 aliphatic rings. The van der Waals surface area contributed by atoms with E-state index in [1.165, 1.54) is 0 Å². The van der Waals surface area contributed by atoms with Crippen LogP contribution in [0.2, 0.25) is 0 Å². The molecule has 7 nitrogen and oxygen atoms in total. The van der Waals surface area contributed by atoms with Gasteiger partial charge in [0.25, 0.3) is 0 Å². The lowest BCUT2D eigenvalue weighted by Gasteiger charge is -2.19. The molecule has 0 radical (unpaired) electrons. The topological polar surface area (TPSA) is 81.1 Å². The zero-order valence-electron chi connectivity index (χ0n) is 13.7. The van der Waals surface area contributed by atoms with Crippen LogP contribution in [0.4, 0.5) is 0 Å². The average Bonchev–Trinajstić information content (AvgIpc) is 3.17. The summed E-state index contributed by atoms with van der Waals surface area (Å²) in [4.78, 5) is 11.3. The molecule has 1 atom stereocenters. The van der Waals surface area contributed by atoms with Gasteiger partial charge in [-0.1, -0.05) is 38.0 Å². The molecule has 0 saturated carbocycles. The summed E-state index contributed by atoms with van der Waals surface area (Å²) in [6.07, 6.45) is 2.90. The second-order valence-corrected chi connectivity index (χ2v) is 6.79. The highest BCUT2D eigenvalue weighted by molar-refractivity contribution is 5.02. The third kappa shape index (κ3) is 3.04. The minimum Gasteiger partial charge on any atom is -0.339 e. The Labute approximate surface area is 130 Å². The summed E-state index contributed by atoms with van der Waals surface area (Å²) in [7, 11) is 0. The predicted molar refractivity (Wildman–Crippen MR) is 79.1 cm³/mol. The molecule has 0 spiro atoms. The molecule has 3 heterocycles. The Bertz CT molecular complexity index is 628. The van der Waals surface area contributed by atoms with E-state index in [0.29, 0.717) is 18.3 Å². The highest BCUT2D eigenvalue weighted by Crippen LogP contribution is 2.31. The average molecular weight is 305 g/mol. The second-order valence-electron chi connectivity index (χ2n) is 6.79.